The summed E-state index contributed by atoms with van der Waals surface area (Å²) in [7, 11) is 0. The molecule has 134 valence electrons. The van der Waals surface area contributed by atoms with E-state index in [4.69, 9.17) is 11.6 Å². The van der Waals surface area contributed by atoms with E-state index in [1.807, 2.05) is 0 Å². The molecule has 4 amide bonds. The monoisotopic (exact) mass is 375 g/mol. The molecule has 2 aliphatic rings. The first-order chi connectivity index (χ1) is 11.7. The number of nitrogens with zero attached hydrogens (tertiary/aromatic N) is 2. The van der Waals surface area contributed by atoms with Gasteiger partial charge < -0.3 is 10.2 Å². The number of hydrogen-bond donors (Lipinski definition) is 1. The van der Waals surface area contributed by atoms with Crippen LogP contribution in [0.2, 0.25) is 5.02 Å². The van der Waals surface area contributed by atoms with Crippen molar-refractivity contribution in [1.82, 2.24) is 9.80 Å². The Morgan fingerprint density at radius 1 is 1.28 bits per heavy atom. The van der Waals surface area contributed by atoms with Crippen molar-refractivity contribution < 1.29 is 27.6 Å². The maximum Gasteiger partial charge on any atom is 0.417 e. The molecular formula is C15H13ClF3N3O3. The molecular weight excluding hydrogens is 363 g/mol. The Kier molecular flexibility index (Phi) is 4.36. The van der Waals surface area contributed by atoms with Crippen LogP contribution in [0.5, 0.6) is 0 Å². The number of benzene rings is 1. The van der Waals surface area contributed by atoms with E-state index in [1.54, 1.807) is 0 Å². The number of rotatable bonds is 4. The van der Waals surface area contributed by atoms with E-state index in [1.165, 1.54) is 11.0 Å². The van der Waals surface area contributed by atoms with Crippen LogP contribution < -0.4 is 5.32 Å². The Hall–Kier alpha value is -2.29. The molecule has 1 aromatic carbocycles. The summed E-state index contributed by atoms with van der Waals surface area (Å²) in [6.45, 7) is -0.624. The van der Waals surface area contributed by atoms with Gasteiger partial charge in [0.25, 0.3) is 5.91 Å². The van der Waals surface area contributed by atoms with Crippen molar-refractivity contribution in [2.24, 2.45) is 0 Å². The van der Waals surface area contributed by atoms with Gasteiger partial charge >= 0.3 is 12.2 Å². The first-order valence-corrected chi connectivity index (χ1v) is 7.82. The minimum absolute atomic E-state index is 0.0371. The number of carbonyl (C=O) groups is 3. The van der Waals surface area contributed by atoms with Crippen LogP contribution >= 0.6 is 11.6 Å². The predicted molar refractivity (Wildman–Crippen MR) is 81.9 cm³/mol. The number of halogens is 4. The van der Waals surface area contributed by atoms with E-state index in [-0.39, 0.29) is 18.3 Å². The molecule has 1 heterocycles. The van der Waals surface area contributed by atoms with Gasteiger partial charge in [-0.2, -0.15) is 13.2 Å². The summed E-state index contributed by atoms with van der Waals surface area (Å²) in [5.74, 6) is -1.27. The number of amides is 4. The summed E-state index contributed by atoms with van der Waals surface area (Å²) in [5.41, 5.74) is -1.21. The minimum atomic E-state index is -4.66. The lowest BCUT2D eigenvalue weighted by atomic mass is 10.2. The summed E-state index contributed by atoms with van der Waals surface area (Å²) >= 11 is 5.51. The zero-order valence-electron chi connectivity index (χ0n) is 12.8. The third-order valence-corrected chi connectivity index (χ3v) is 4.26. The second-order valence-corrected chi connectivity index (χ2v) is 6.27. The third kappa shape index (κ3) is 3.71. The quantitative estimate of drug-likeness (QED) is 0.823. The van der Waals surface area contributed by atoms with Gasteiger partial charge in [0.15, 0.2) is 0 Å². The van der Waals surface area contributed by atoms with Crippen molar-refractivity contribution in [3.63, 3.8) is 0 Å². The Morgan fingerprint density at radius 3 is 2.56 bits per heavy atom. The molecule has 25 heavy (non-hydrogen) atoms. The molecule has 1 saturated heterocycles. The highest BCUT2D eigenvalue weighted by molar-refractivity contribution is 6.31. The fourth-order valence-electron chi connectivity index (χ4n) is 2.55. The molecule has 1 N–H and O–H groups in total. The van der Waals surface area contributed by atoms with Gasteiger partial charge in [0.1, 0.15) is 13.1 Å². The van der Waals surface area contributed by atoms with Gasteiger partial charge in [-0.25, -0.2) is 4.79 Å². The SMILES string of the molecule is O=C(CN1C(=O)CN(C2CC2)C1=O)Nc1ccc(Cl)c(C(F)(F)F)c1. The molecule has 1 saturated carbocycles. The van der Waals surface area contributed by atoms with Gasteiger partial charge in [0, 0.05) is 11.7 Å². The molecule has 0 aromatic heterocycles. The third-order valence-electron chi connectivity index (χ3n) is 3.93. The zero-order chi connectivity index (χ0) is 18.4. The highest BCUT2D eigenvalue weighted by Crippen LogP contribution is 2.36. The molecule has 1 aliphatic heterocycles. The number of nitrogens with one attached hydrogen (secondary N) is 1. The Morgan fingerprint density at radius 2 is 1.96 bits per heavy atom. The first-order valence-electron chi connectivity index (χ1n) is 7.44. The maximum atomic E-state index is 12.8. The van der Waals surface area contributed by atoms with Gasteiger partial charge in [0.05, 0.1) is 10.6 Å². The van der Waals surface area contributed by atoms with E-state index >= 15 is 0 Å². The molecule has 10 heteroatoms. The molecule has 3 rings (SSSR count). The lowest BCUT2D eigenvalue weighted by Crippen LogP contribution is -2.39. The van der Waals surface area contributed by atoms with E-state index in [0.29, 0.717) is 6.07 Å². The van der Waals surface area contributed by atoms with Crippen molar-refractivity contribution >= 4 is 35.1 Å². The first kappa shape index (κ1) is 17.5. The number of hydrogen-bond acceptors (Lipinski definition) is 3. The fourth-order valence-corrected chi connectivity index (χ4v) is 2.78. The average Bonchev–Trinajstić information content (AvgIpc) is 3.31. The Balaban J connectivity index is 1.67. The molecule has 1 aromatic rings. The lowest BCUT2D eigenvalue weighted by molar-refractivity contribution is -0.137. The largest absolute Gasteiger partial charge is 0.417 e. The second kappa shape index (κ2) is 6.21. The number of alkyl halides is 3. The van der Waals surface area contributed by atoms with Crippen LogP contribution in [0.1, 0.15) is 18.4 Å². The zero-order valence-corrected chi connectivity index (χ0v) is 13.5. The molecule has 1 aliphatic carbocycles. The van der Waals surface area contributed by atoms with Gasteiger partial charge in [-0.1, -0.05) is 11.6 Å². The smallest absolute Gasteiger partial charge is 0.325 e. The number of imide groups is 1. The van der Waals surface area contributed by atoms with Gasteiger partial charge in [-0.3, -0.25) is 14.5 Å². The second-order valence-electron chi connectivity index (χ2n) is 5.86. The van der Waals surface area contributed by atoms with Crippen LogP contribution in [0, 0.1) is 0 Å². The van der Waals surface area contributed by atoms with Crippen LogP contribution in [0.4, 0.5) is 23.7 Å². The number of urea groups is 1. The van der Waals surface area contributed by atoms with Crippen molar-refractivity contribution in [2.45, 2.75) is 25.1 Å². The standard InChI is InChI=1S/C15H13ClF3N3O3/c16-11-4-1-8(5-10(11)15(17,18)19)20-12(23)6-22-13(24)7-21(14(22)25)9-2-3-9/h1,4-5,9H,2-3,6-7H2,(H,20,23). The molecule has 6 nitrogen and oxygen atoms in total. The van der Waals surface area contributed by atoms with E-state index < -0.39 is 41.2 Å². The van der Waals surface area contributed by atoms with Crippen molar-refractivity contribution in [3.05, 3.63) is 28.8 Å². The molecule has 0 unspecified atom stereocenters. The van der Waals surface area contributed by atoms with Crippen LogP contribution in [-0.4, -0.2) is 46.8 Å². The summed E-state index contributed by atoms with van der Waals surface area (Å²) in [6, 6.07) is 2.41. The molecule has 0 atom stereocenters. The Labute approximate surface area is 145 Å². The van der Waals surface area contributed by atoms with E-state index in [9.17, 15) is 27.6 Å². The van der Waals surface area contributed by atoms with E-state index in [0.717, 1.165) is 23.8 Å². The normalized spacial score (nSPS) is 18.1. The van der Waals surface area contributed by atoms with E-state index in [2.05, 4.69) is 5.32 Å². The Bertz CT molecular complexity index is 749. The van der Waals surface area contributed by atoms with Crippen LogP contribution in [-0.2, 0) is 15.8 Å². The van der Waals surface area contributed by atoms with Crippen LogP contribution in [0.25, 0.3) is 0 Å². The summed E-state index contributed by atoms with van der Waals surface area (Å²) in [5, 5.41) is 1.76. The fraction of sp³-hybridized carbons (Fsp3) is 0.400. The summed E-state index contributed by atoms with van der Waals surface area (Å²) < 4.78 is 38.5. The minimum Gasteiger partial charge on any atom is -0.325 e. The number of anilines is 1. The van der Waals surface area contributed by atoms with Crippen LogP contribution in [0.3, 0.4) is 0 Å². The van der Waals surface area contributed by atoms with Gasteiger partial charge in [0.2, 0.25) is 5.91 Å². The van der Waals surface area contributed by atoms with Gasteiger partial charge in [-0.05, 0) is 31.0 Å². The highest BCUT2D eigenvalue weighted by atomic mass is 35.5. The number of carbonyl (C=O) groups excluding carboxylic acids is 3. The highest BCUT2D eigenvalue weighted by Gasteiger charge is 2.44. The predicted octanol–water partition coefficient (Wildman–Crippen LogP) is 2.72. The molecule has 2 fully saturated rings. The van der Waals surface area contributed by atoms with Crippen LogP contribution in [0.15, 0.2) is 18.2 Å². The topological polar surface area (TPSA) is 69.7 Å². The van der Waals surface area contributed by atoms with Crippen molar-refractivity contribution in [3.8, 4) is 0 Å². The molecule has 0 spiro atoms. The maximum absolute atomic E-state index is 12.8. The van der Waals surface area contributed by atoms with Crippen molar-refractivity contribution in [1.29, 1.82) is 0 Å². The molecule has 0 bridgehead atoms. The van der Waals surface area contributed by atoms with Crippen molar-refractivity contribution in [2.75, 3.05) is 18.4 Å². The lowest BCUT2D eigenvalue weighted by Gasteiger charge is -2.16. The summed E-state index contributed by atoms with van der Waals surface area (Å²) in [6.07, 6.45) is -3.02. The average molecular weight is 376 g/mol. The summed E-state index contributed by atoms with van der Waals surface area (Å²) in [4.78, 5) is 38.2. The molecule has 0 radical (unpaired) electrons. The van der Waals surface area contributed by atoms with Gasteiger partial charge in [-0.15, -0.1) is 0 Å².